The molecule has 0 bridgehead atoms. The molecule has 3 aliphatic rings. The monoisotopic (exact) mass is 323 g/mol. The van der Waals surface area contributed by atoms with Crippen LogP contribution < -0.4 is 5.32 Å². The zero-order valence-electron chi connectivity index (χ0n) is 15.0. The van der Waals surface area contributed by atoms with E-state index in [4.69, 9.17) is 4.74 Å². The molecule has 2 saturated heterocycles. The third-order valence-corrected chi connectivity index (χ3v) is 6.12. The number of carbonyl (C=O) groups excluding carboxylic acids is 1. The lowest BCUT2D eigenvalue weighted by atomic mass is 9.86. The molecule has 1 aliphatic carbocycles. The molecule has 0 aromatic carbocycles. The number of fused-ring (bicyclic) bond motifs is 1. The summed E-state index contributed by atoms with van der Waals surface area (Å²) in [6.07, 6.45) is 7.62. The van der Waals surface area contributed by atoms with Crippen LogP contribution in [0.3, 0.4) is 0 Å². The van der Waals surface area contributed by atoms with Gasteiger partial charge in [-0.25, -0.2) is 0 Å². The predicted octanol–water partition coefficient (Wildman–Crippen LogP) is 1.82. The van der Waals surface area contributed by atoms with Crippen molar-refractivity contribution < 1.29 is 9.53 Å². The minimum atomic E-state index is -0.0669. The van der Waals surface area contributed by atoms with Gasteiger partial charge in [-0.05, 0) is 39.0 Å². The smallest absolute Gasteiger partial charge is 0.323 e. The van der Waals surface area contributed by atoms with E-state index in [1.807, 2.05) is 0 Å². The second-order valence-corrected chi connectivity index (χ2v) is 7.88. The highest BCUT2D eigenvalue weighted by molar-refractivity contribution is 5.76. The molecule has 3 fully saturated rings. The van der Waals surface area contributed by atoms with Crippen molar-refractivity contribution in [3.05, 3.63) is 0 Å². The number of carbonyl (C=O) groups is 1. The Morgan fingerprint density at radius 3 is 2.65 bits per heavy atom. The van der Waals surface area contributed by atoms with E-state index in [2.05, 4.69) is 29.0 Å². The molecule has 3 rings (SSSR count). The van der Waals surface area contributed by atoms with Crippen LogP contribution in [0.5, 0.6) is 0 Å². The van der Waals surface area contributed by atoms with Crippen LogP contribution in [0.25, 0.3) is 0 Å². The van der Waals surface area contributed by atoms with E-state index in [0.717, 1.165) is 32.1 Å². The molecule has 0 aromatic heterocycles. The summed E-state index contributed by atoms with van der Waals surface area (Å²) in [5.74, 6) is 0.707. The van der Waals surface area contributed by atoms with Crippen LogP contribution in [0.2, 0.25) is 0 Å². The molecule has 0 amide bonds. The molecule has 132 valence electrons. The SMILES string of the molecule is COC(=O)C1CC2NCN(C(C)C)C2CN1CC1CCCCC1. The van der Waals surface area contributed by atoms with Crippen molar-refractivity contribution >= 4 is 5.97 Å². The van der Waals surface area contributed by atoms with E-state index >= 15 is 0 Å². The lowest BCUT2D eigenvalue weighted by Crippen LogP contribution is -2.60. The van der Waals surface area contributed by atoms with Crippen LogP contribution in [0.4, 0.5) is 0 Å². The van der Waals surface area contributed by atoms with E-state index < -0.39 is 0 Å². The highest BCUT2D eigenvalue weighted by atomic mass is 16.5. The normalized spacial score (nSPS) is 33.8. The molecule has 3 atom stereocenters. The molecular formula is C18H33N3O2. The summed E-state index contributed by atoms with van der Waals surface area (Å²) < 4.78 is 5.11. The van der Waals surface area contributed by atoms with Crippen molar-refractivity contribution in [3.63, 3.8) is 0 Å². The van der Waals surface area contributed by atoms with Gasteiger partial charge in [-0.1, -0.05) is 19.3 Å². The third kappa shape index (κ3) is 3.72. The number of nitrogens with zero attached hydrogens (tertiary/aromatic N) is 2. The Kier molecular flexibility index (Phi) is 5.60. The molecular weight excluding hydrogens is 290 g/mol. The molecule has 2 heterocycles. The summed E-state index contributed by atoms with van der Waals surface area (Å²) in [7, 11) is 1.52. The van der Waals surface area contributed by atoms with Crippen LogP contribution in [0.1, 0.15) is 52.4 Å². The Labute approximate surface area is 140 Å². The van der Waals surface area contributed by atoms with Crippen LogP contribution in [0, 0.1) is 5.92 Å². The van der Waals surface area contributed by atoms with Gasteiger partial charge in [-0.3, -0.25) is 19.9 Å². The summed E-state index contributed by atoms with van der Waals surface area (Å²) >= 11 is 0. The number of likely N-dealkylation sites (tertiary alicyclic amines) is 1. The molecule has 1 saturated carbocycles. The standard InChI is InChI=1S/C18H33N3O2/c1-13(2)21-12-19-15-9-16(18(22)23-3)20(11-17(15)21)10-14-7-5-4-6-8-14/h13-17,19H,4-12H2,1-3H3. The van der Waals surface area contributed by atoms with E-state index in [1.165, 1.54) is 39.2 Å². The lowest BCUT2D eigenvalue weighted by molar-refractivity contribution is -0.149. The van der Waals surface area contributed by atoms with Crippen LogP contribution in [0.15, 0.2) is 0 Å². The first-order valence-corrected chi connectivity index (χ1v) is 9.41. The van der Waals surface area contributed by atoms with E-state index in [-0.39, 0.29) is 12.0 Å². The van der Waals surface area contributed by atoms with Crippen molar-refractivity contribution in [2.75, 3.05) is 26.9 Å². The Balaban J connectivity index is 1.70. The zero-order chi connectivity index (χ0) is 16.4. The molecule has 5 heteroatoms. The van der Waals surface area contributed by atoms with E-state index in [0.29, 0.717) is 18.1 Å². The maximum Gasteiger partial charge on any atom is 0.323 e. The molecule has 2 aliphatic heterocycles. The van der Waals surface area contributed by atoms with Gasteiger partial charge in [0.1, 0.15) is 6.04 Å². The lowest BCUT2D eigenvalue weighted by Gasteiger charge is -2.44. The van der Waals surface area contributed by atoms with Gasteiger partial charge in [-0.2, -0.15) is 0 Å². The Morgan fingerprint density at radius 1 is 1.26 bits per heavy atom. The number of esters is 1. The Hall–Kier alpha value is -0.650. The van der Waals surface area contributed by atoms with E-state index in [1.54, 1.807) is 0 Å². The number of hydrogen-bond acceptors (Lipinski definition) is 5. The summed E-state index contributed by atoms with van der Waals surface area (Å²) in [6.45, 7) is 7.53. The number of methoxy groups -OCH3 is 1. The topological polar surface area (TPSA) is 44.8 Å². The maximum absolute atomic E-state index is 12.3. The minimum absolute atomic E-state index is 0.0518. The molecule has 3 unspecified atom stereocenters. The van der Waals surface area contributed by atoms with Gasteiger partial charge in [0, 0.05) is 37.9 Å². The molecule has 1 N–H and O–H groups in total. The number of hydrogen-bond donors (Lipinski definition) is 1. The predicted molar refractivity (Wildman–Crippen MR) is 91.1 cm³/mol. The van der Waals surface area contributed by atoms with Crippen LogP contribution in [-0.4, -0.2) is 66.8 Å². The summed E-state index contributed by atoms with van der Waals surface area (Å²) in [4.78, 5) is 17.3. The first-order valence-electron chi connectivity index (χ1n) is 9.41. The van der Waals surface area contributed by atoms with Gasteiger partial charge < -0.3 is 4.74 Å². The highest BCUT2D eigenvalue weighted by Crippen LogP contribution is 2.31. The van der Waals surface area contributed by atoms with Gasteiger partial charge >= 0.3 is 5.97 Å². The largest absolute Gasteiger partial charge is 0.468 e. The van der Waals surface area contributed by atoms with Gasteiger partial charge in [0.2, 0.25) is 0 Å². The van der Waals surface area contributed by atoms with Crippen LogP contribution in [-0.2, 0) is 9.53 Å². The van der Waals surface area contributed by atoms with Crippen molar-refractivity contribution in [1.29, 1.82) is 0 Å². The van der Waals surface area contributed by atoms with Crippen molar-refractivity contribution in [2.24, 2.45) is 5.92 Å². The fourth-order valence-electron chi connectivity index (χ4n) is 4.79. The summed E-state index contributed by atoms with van der Waals surface area (Å²) in [5.41, 5.74) is 0. The summed E-state index contributed by atoms with van der Waals surface area (Å²) in [5, 5.41) is 3.61. The quantitative estimate of drug-likeness (QED) is 0.800. The second-order valence-electron chi connectivity index (χ2n) is 7.88. The maximum atomic E-state index is 12.3. The van der Waals surface area contributed by atoms with Crippen molar-refractivity contribution in [1.82, 2.24) is 15.1 Å². The number of nitrogens with one attached hydrogen (secondary N) is 1. The highest BCUT2D eigenvalue weighted by Gasteiger charge is 2.45. The minimum Gasteiger partial charge on any atom is -0.468 e. The number of rotatable bonds is 4. The number of piperidine rings is 1. The van der Waals surface area contributed by atoms with Crippen molar-refractivity contribution in [3.8, 4) is 0 Å². The molecule has 0 aromatic rings. The van der Waals surface area contributed by atoms with Gasteiger partial charge in [0.05, 0.1) is 7.11 Å². The molecule has 0 spiro atoms. The first kappa shape index (κ1) is 17.2. The Morgan fingerprint density at radius 2 is 2.00 bits per heavy atom. The van der Waals surface area contributed by atoms with Crippen LogP contribution >= 0.6 is 0 Å². The molecule has 0 radical (unpaired) electrons. The average Bonchev–Trinajstić information content (AvgIpc) is 2.97. The fraction of sp³-hybridized carbons (Fsp3) is 0.944. The molecule has 23 heavy (non-hydrogen) atoms. The first-order chi connectivity index (χ1) is 11.1. The van der Waals surface area contributed by atoms with E-state index in [9.17, 15) is 4.79 Å². The zero-order valence-corrected chi connectivity index (χ0v) is 15.0. The molecule has 5 nitrogen and oxygen atoms in total. The Bertz CT molecular complexity index is 409. The fourth-order valence-corrected chi connectivity index (χ4v) is 4.79. The van der Waals surface area contributed by atoms with Crippen molar-refractivity contribution in [2.45, 2.75) is 76.5 Å². The second kappa shape index (κ2) is 7.49. The van der Waals surface area contributed by atoms with Gasteiger partial charge in [0.25, 0.3) is 0 Å². The summed E-state index contributed by atoms with van der Waals surface area (Å²) in [6, 6.07) is 1.43. The average molecular weight is 323 g/mol. The van der Waals surface area contributed by atoms with Gasteiger partial charge in [-0.15, -0.1) is 0 Å². The number of ether oxygens (including phenoxy) is 1. The third-order valence-electron chi connectivity index (χ3n) is 6.12. The van der Waals surface area contributed by atoms with Gasteiger partial charge in [0.15, 0.2) is 0 Å².